The van der Waals surface area contributed by atoms with Gasteiger partial charge in [-0.1, -0.05) is 30.1 Å². The lowest BCUT2D eigenvalue weighted by Crippen LogP contribution is -2.24. The molecule has 1 rings (SSSR count). The molecule has 2 atom stereocenters. The first kappa shape index (κ1) is 16.0. The van der Waals surface area contributed by atoms with Crippen molar-refractivity contribution < 1.29 is 4.21 Å². The van der Waals surface area contributed by atoms with Crippen molar-refractivity contribution >= 4 is 34.0 Å². The van der Waals surface area contributed by atoms with Gasteiger partial charge in [-0.25, -0.2) is 0 Å². The van der Waals surface area contributed by atoms with Gasteiger partial charge in [0.05, 0.1) is 20.8 Å². The van der Waals surface area contributed by atoms with Crippen LogP contribution < -0.4 is 5.32 Å². The molecule has 0 fully saturated rings. The number of hydrogen-bond donors (Lipinski definition) is 1. The second-order valence-corrected chi connectivity index (χ2v) is 6.55. The number of halogens is 2. The molecular weight excluding hydrogens is 289 g/mol. The zero-order chi connectivity index (χ0) is 13.5. The molecule has 0 aliphatic carbocycles. The summed E-state index contributed by atoms with van der Waals surface area (Å²) in [6.45, 7) is 2.15. The van der Waals surface area contributed by atoms with Gasteiger partial charge in [0.2, 0.25) is 0 Å². The average Bonchev–Trinajstić information content (AvgIpc) is 2.37. The predicted molar refractivity (Wildman–Crippen MR) is 80.1 cm³/mol. The van der Waals surface area contributed by atoms with E-state index in [1.165, 1.54) is 0 Å². The molecule has 0 spiro atoms. The summed E-state index contributed by atoms with van der Waals surface area (Å²) in [5, 5.41) is 4.21. The molecule has 0 heterocycles. The van der Waals surface area contributed by atoms with Gasteiger partial charge in [-0.2, -0.15) is 0 Å². The smallest absolute Gasteiger partial charge is 0.0604 e. The van der Waals surface area contributed by atoms with Crippen LogP contribution in [-0.4, -0.2) is 23.1 Å². The molecule has 18 heavy (non-hydrogen) atoms. The summed E-state index contributed by atoms with van der Waals surface area (Å²) in [7, 11) is 0.969. The van der Waals surface area contributed by atoms with Crippen molar-refractivity contribution in [3.63, 3.8) is 0 Å². The van der Waals surface area contributed by atoms with E-state index < -0.39 is 10.8 Å². The Hall–Kier alpha value is -0.0900. The molecule has 2 nitrogen and oxygen atoms in total. The molecule has 2 unspecified atom stereocenters. The van der Waals surface area contributed by atoms with E-state index in [0.29, 0.717) is 21.8 Å². The van der Waals surface area contributed by atoms with E-state index in [1.807, 2.05) is 7.05 Å². The van der Waals surface area contributed by atoms with Crippen molar-refractivity contribution in [2.24, 2.45) is 0 Å². The zero-order valence-electron chi connectivity index (χ0n) is 10.7. The number of rotatable bonds is 7. The normalized spacial score (nSPS) is 14.4. The molecule has 1 N–H and O–H groups in total. The van der Waals surface area contributed by atoms with E-state index in [0.717, 1.165) is 24.2 Å². The molecule has 102 valence electrons. The molecule has 0 amide bonds. The lowest BCUT2D eigenvalue weighted by Gasteiger charge is -2.13. The minimum absolute atomic E-state index is 0.462. The SMILES string of the molecule is CCC(CCCS(=O)c1ccc(Cl)c(Cl)c1)NC. The molecule has 1 aromatic carbocycles. The molecule has 0 aromatic heterocycles. The molecule has 0 aliphatic rings. The van der Waals surface area contributed by atoms with Crippen molar-refractivity contribution in [3.8, 4) is 0 Å². The molecule has 0 radical (unpaired) electrons. The summed E-state index contributed by atoms with van der Waals surface area (Å²) in [4.78, 5) is 0.752. The molecule has 0 aliphatic heterocycles. The fourth-order valence-electron chi connectivity index (χ4n) is 1.75. The van der Waals surface area contributed by atoms with E-state index in [1.54, 1.807) is 18.2 Å². The van der Waals surface area contributed by atoms with E-state index in [-0.39, 0.29) is 0 Å². The van der Waals surface area contributed by atoms with Gasteiger partial charge < -0.3 is 5.32 Å². The van der Waals surface area contributed by atoms with Crippen molar-refractivity contribution in [3.05, 3.63) is 28.2 Å². The van der Waals surface area contributed by atoms with Crippen LogP contribution in [0.3, 0.4) is 0 Å². The van der Waals surface area contributed by atoms with Gasteiger partial charge in [-0.05, 0) is 44.5 Å². The number of benzene rings is 1. The third-order valence-electron chi connectivity index (χ3n) is 2.94. The number of hydrogen-bond acceptors (Lipinski definition) is 2. The van der Waals surface area contributed by atoms with Crippen molar-refractivity contribution in [1.82, 2.24) is 5.32 Å². The molecule has 0 saturated heterocycles. The standard InChI is InChI=1S/C13H19Cl2NOS/c1-3-10(16-2)5-4-8-18(17)11-6-7-12(14)13(15)9-11/h6-7,9-10,16H,3-5,8H2,1-2H3. The molecular formula is C13H19Cl2NOS. The maximum atomic E-state index is 12.1. The first-order valence-electron chi connectivity index (χ1n) is 6.09. The van der Waals surface area contributed by atoms with Crippen LogP contribution in [0, 0.1) is 0 Å². The quantitative estimate of drug-likeness (QED) is 0.828. The fourth-order valence-corrected chi connectivity index (χ4v) is 3.25. The van der Waals surface area contributed by atoms with E-state index in [9.17, 15) is 4.21 Å². The molecule has 5 heteroatoms. The van der Waals surface area contributed by atoms with Crippen LogP contribution in [0.25, 0.3) is 0 Å². The van der Waals surface area contributed by atoms with Crippen LogP contribution in [-0.2, 0) is 10.8 Å². The monoisotopic (exact) mass is 307 g/mol. The summed E-state index contributed by atoms with van der Waals surface area (Å²) in [5.41, 5.74) is 0. The van der Waals surface area contributed by atoms with Crippen LogP contribution in [0.5, 0.6) is 0 Å². The van der Waals surface area contributed by atoms with Crippen LogP contribution in [0.4, 0.5) is 0 Å². The largest absolute Gasteiger partial charge is 0.317 e. The first-order chi connectivity index (χ1) is 8.58. The summed E-state index contributed by atoms with van der Waals surface area (Å²) >= 11 is 11.7. The first-order valence-corrected chi connectivity index (χ1v) is 8.16. The molecule has 1 aromatic rings. The van der Waals surface area contributed by atoms with Crippen LogP contribution in [0.2, 0.25) is 10.0 Å². The highest BCUT2D eigenvalue weighted by atomic mass is 35.5. The van der Waals surface area contributed by atoms with Crippen LogP contribution in [0.1, 0.15) is 26.2 Å². The second-order valence-electron chi connectivity index (χ2n) is 4.16. The van der Waals surface area contributed by atoms with E-state index >= 15 is 0 Å². The van der Waals surface area contributed by atoms with E-state index in [2.05, 4.69) is 12.2 Å². The third kappa shape index (κ3) is 4.88. The maximum absolute atomic E-state index is 12.1. The number of nitrogens with one attached hydrogen (secondary N) is 1. The topological polar surface area (TPSA) is 29.1 Å². The highest BCUT2D eigenvalue weighted by molar-refractivity contribution is 7.85. The third-order valence-corrected chi connectivity index (χ3v) is 5.12. The summed E-state index contributed by atoms with van der Waals surface area (Å²) < 4.78 is 12.1. The lowest BCUT2D eigenvalue weighted by molar-refractivity contribution is 0.503. The van der Waals surface area contributed by atoms with Gasteiger partial charge in [-0.15, -0.1) is 0 Å². The zero-order valence-corrected chi connectivity index (χ0v) is 13.0. The summed E-state index contributed by atoms with van der Waals surface area (Å²) in [6.07, 6.45) is 3.07. The van der Waals surface area contributed by atoms with Crippen molar-refractivity contribution in [2.45, 2.75) is 37.1 Å². The summed E-state index contributed by atoms with van der Waals surface area (Å²) in [6, 6.07) is 5.67. The molecule has 0 saturated carbocycles. The highest BCUT2D eigenvalue weighted by Crippen LogP contribution is 2.24. The minimum Gasteiger partial charge on any atom is -0.317 e. The van der Waals surface area contributed by atoms with Gasteiger partial charge in [0.15, 0.2) is 0 Å². The Bertz CT molecular complexity index is 408. The Kier molecular flexibility index (Phi) is 7.23. The predicted octanol–water partition coefficient (Wildman–Crippen LogP) is 3.88. The molecule has 0 bridgehead atoms. The van der Waals surface area contributed by atoms with Crippen LogP contribution in [0.15, 0.2) is 23.1 Å². The van der Waals surface area contributed by atoms with Crippen molar-refractivity contribution in [2.75, 3.05) is 12.8 Å². The fraction of sp³-hybridized carbons (Fsp3) is 0.538. The Morgan fingerprint density at radius 3 is 2.61 bits per heavy atom. The highest BCUT2D eigenvalue weighted by Gasteiger charge is 2.08. The Labute approximate surface area is 122 Å². The Balaban J connectivity index is 2.48. The van der Waals surface area contributed by atoms with Gasteiger partial charge in [0, 0.05) is 16.7 Å². The van der Waals surface area contributed by atoms with Crippen LogP contribution >= 0.6 is 23.2 Å². The van der Waals surface area contributed by atoms with Crippen molar-refractivity contribution in [1.29, 1.82) is 0 Å². The summed E-state index contributed by atoms with van der Waals surface area (Å²) in [5.74, 6) is 0.663. The van der Waals surface area contributed by atoms with Gasteiger partial charge in [0.25, 0.3) is 0 Å². The minimum atomic E-state index is -0.993. The van der Waals surface area contributed by atoms with Gasteiger partial charge in [0.1, 0.15) is 0 Å². The Morgan fingerprint density at radius 1 is 1.33 bits per heavy atom. The Morgan fingerprint density at radius 2 is 2.06 bits per heavy atom. The van der Waals surface area contributed by atoms with E-state index in [4.69, 9.17) is 23.2 Å². The average molecular weight is 308 g/mol. The maximum Gasteiger partial charge on any atom is 0.0604 e. The van der Waals surface area contributed by atoms with Gasteiger partial charge in [-0.3, -0.25) is 4.21 Å². The van der Waals surface area contributed by atoms with Gasteiger partial charge >= 0.3 is 0 Å². The second kappa shape index (κ2) is 8.16. The lowest BCUT2D eigenvalue weighted by atomic mass is 10.1.